The fraction of sp³-hybridized carbons (Fsp3) is 0.441. The van der Waals surface area contributed by atoms with Gasteiger partial charge in [-0.15, -0.1) is 0 Å². The number of hydrogen-bond donors (Lipinski definition) is 4. The van der Waals surface area contributed by atoms with Crippen molar-refractivity contribution in [1.29, 1.82) is 0 Å². The van der Waals surface area contributed by atoms with Gasteiger partial charge < -0.3 is 34.4 Å². The Hall–Kier alpha value is -3.34. The van der Waals surface area contributed by atoms with E-state index in [1.807, 2.05) is 24.3 Å². The first-order valence-electron chi connectivity index (χ1n) is 14.9. The van der Waals surface area contributed by atoms with E-state index in [1.54, 1.807) is 12.1 Å². The molecule has 0 bridgehead atoms. The number of methoxy groups -OCH3 is 1. The minimum Gasteiger partial charge on any atom is -0.496 e. The molecule has 3 aromatic carbocycles. The molecule has 1 fully saturated rings. The maximum absolute atomic E-state index is 11.5. The number of ether oxygens (including phenoxy) is 3. The lowest BCUT2D eigenvalue weighted by Crippen LogP contribution is -2.52. The predicted octanol–water partition coefficient (Wildman–Crippen LogP) is 4.97. The van der Waals surface area contributed by atoms with Gasteiger partial charge in [0.25, 0.3) is 0 Å². The molecule has 0 radical (unpaired) electrons. The molecule has 238 valence electrons. The summed E-state index contributed by atoms with van der Waals surface area (Å²) in [5, 5.41) is 31.9. The molecule has 4 N–H and O–H groups in total. The van der Waals surface area contributed by atoms with Gasteiger partial charge in [-0.2, -0.15) is 0 Å². The van der Waals surface area contributed by atoms with Crippen molar-refractivity contribution in [3.63, 3.8) is 0 Å². The summed E-state index contributed by atoms with van der Waals surface area (Å²) < 4.78 is 17.9. The molecule has 4 rings (SSSR count). The van der Waals surface area contributed by atoms with Crippen molar-refractivity contribution in [1.82, 2.24) is 10.2 Å². The standard InChI is InChI=1S/C34H43ClN2O7/c1-22-24(20-44-32-17-31(42-4)25(16-29(32)35)18-36-34(3,21-38)33(40)41)8-5-9-27(22)28-10-6-11-30(23(28)2)43-15-7-13-37-14-12-26(39)19-37/h5-6,8-11,16-17,26,36,38-39H,7,12-15,18-21H2,1-4H3,(H,40,41)/t26?,34-/m0/s1. The van der Waals surface area contributed by atoms with Crippen LogP contribution in [0.4, 0.5) is 0 Å². The largest absolute Gasteiger partial charge is 0.496 e. The van der Waals surface area contributed by atoms with E-state index in [0.29, 0.717) is 28.7 Å². The van der Waals surface area contributed by atoms with Crippen LogP contribution in [0.2, 0.25) is 5.02 Å². The van der Waals surface area contributed by atoms with E-state index < -0.39 is 18.1 Å². The van der Waals surface area contributed by atoms with Gasteiger partial charge in [0.2, 0.25) is 0 Å². The molecule has 1 unspecified atom stereocenters. The first-order chi connectivity index (χ1) is 21.1. The van der Waals surface area contributed by atoms with Crippen molar-refractivity contribution >= 4 is 17.6 Å². The minimum atomic E-state index is -1.50. The second-order valence-electron chi connectivity index (χ2n) is 11.5. The van der Waals surface area contributed by atoms with E-state index in [9.17, 15) is 20.1 Å². The van der Waals surface area contributed by atoms with Crippen LogP contribution in [0.1, 0.15) is 42.0 Å². The Bertz CT molecular complexity index is 1450. The highest BCUT2D eigenvalue weighted by molar-refractivity contribution is 6.32. The SMILES string of the molecule is COc1cc(OCc2cccc(-c3cccc(OCCCN4CCC(O)C4)c3C)c2C)c(Cl)cc1CN[C@@](C)(CO)C(=O)O. The monoisotopic (exact) mass is 626 g/mol. The molecule has 1 aliphatic heterocycles. The number of carboxylic acids is 1. The number of likely N-dealkylation sites (tertiary alicyclic amines) is 1. The van der Waals surface area contributed by atoms with Crippen molar-refractivity contribution in [2.45, 2.75) is 58.4 Å². The summed E-state index contributed by atoms with van der Waals surface area (Å²) in [5.74, 6) is 0.627. The quantitative estimate of drug-likeness (QED) is 0.173. The lowest BCUT2D eigenvalue weighted by Gasteiger charge is -2.24. The first kappa shape index (κ1) is 33.6. The number of aliphatic hydroxyl groups excluding tert-OH is 2. The van der Waals surface area contributed by atoms with Crippen LogP contribution in [0.25, 0.3) is 11.1 Å². The zero-order valence-corrected chi connectivity index (χ0v) is 26.6. The summed E-state index contributed by atoms with van der Waals surface area (Å²) >= 11 is 6.57. The molecule has 10 heteroatoms. The van der Waals surface area contributed by atoms with Crippen molar-refractivity contribution in [2.75, 3.05) is 40.0 Å². The van der Waals surface area contributed by atoms with Crippen LogP contribution in [-0.2, 0) is 17.9 Å². The van der Waals surface area contributed by atoms with Crippen LogP contribution in [0.15, 0.2) is 48.5 Å². The molecule has 1 heterocycles. The maximum atomic E-state index is 11.5. The van der Waals surface area contributed by atoms with Gasteiger partial charge in [-0.05, 0) is 73.6 Å². The molecule has 0 spiro atoms. The van der Waals surface area contributed by atoms with Gasteiger partial charge in [-0.25, -0.2) is 0 Å². The van der Waals surface area contributed by atoms with E-state index in [2.05, 4.69) is 36.2 Å². The van der Waals surface area contributed by atoms with Crippen molar-refractivity contribution in [3.05, 3.63) is 75.8 Å². The normalized spacial score (nSPS) is 16.5. The van der Waals surface area contributed by atoms with Gasteiger partial charge in [0.15, 0.2) is 0 Å². The summed E-state index contributed by atoms with van der Waals surface area (Å²) in [4.78, 5) is 13.8. The zero-order valence-electron chi connectivity index (χ0n) is 25.9. The van der Waals surface area contributed by atoms with E-state index in [1.165, 1.54) is 14.0 Å². The Kier molecular flexibility index (Phi) is 11.5. The number of β-amino-alcohol motifs (C(OH)–C–C–N with tert-alkyl or cyclic N) is 1. The van der Waals surface area contributed by atoms with E-state index in [4.69, 9.17) is 25.8 Å². The zero-order chi connectivity index (χ0) is 31.9. The number of carbonyl (C=O) groups is 1. The number of nitrogens with one attached hydrogen (secondary N) is 1. The second-order valence-corrected chi connectivity index (χ2v) is 11.9. The third-order valence-corrected chi connectivity index (χ3v) is 8.61. The van der Waals surface area contributed by atoms with E-state index >= 15 is 0 Å². The van der Waals surface area contributed by atoms with Gasteiger partial charge in [0.1, 0.15) is 29.4 Å². The highest BCUT2D eigenvalue weighted by Gasteiger charge is 2.32. The molecule has 2 atom stereocenters. The number of hydrogen-bond acceptors (Lipinski definition) is 8. The minimum absolute atomic E-state index is 0.123. The van der Waals surface area contributed by atoms with Gasteiger partial charge in [-0.3, -0.25) is 10.1 Å². The van der Waals surface area contributed by atoms with E-state index in [-0.39, 0.29) is 19.3 Å². The average molecular weight is 627 g/mol. The molecule has 0 aliphatic carbocycles. The molecule has 3 aromatic rings. The fourth-order valence-corrected chi connectivity index (χ4v) is 5.58. The molecule has 0 aromatic heterocycles. The Labute approximate surface area is 264 Å². The highest BCUT2D eigenvalue weighted by atomic mass is 35.5. The number of carboxylic acid groups (broad SMARTS) is 1. The summed E-state index contributed by atoms with van der Waals surface area (Å²) in [6, 6.07) is 15.6. The lowest BCUT2D eigenvalue weighted by molar-refractivity contribution is -0.145. The van der Waals surface area contributed by atoms with Crippen LogP contribution >= 0.6 is 11.6 Å². The Morgan fingerprint density at radius 1 is 1.05 bits per heavy atom. The fourth-order valence-electron chi connectivity index (χ4n) is 5.34. The number of aliphatic hydroxyl groups is 2. The number of halogens is 1. The Morgan fingerprint density at radius 3 is 2.43 bits per heavy atom. The molecule has 44 heavy (non-hydrogen) atoms. The summed E-state index contributed by atoms with van der Waals surface area (Å²) in [5.41, 5.74) is 4.48. The van der Waals surface area contributed by atoms with Crippen LogP contribution in [0.3, 0.4) is 0 Å². The van der Waals surface area contributed by atoms with Gasteiger partial charge in [-0.1, -0.05) is 41.9 Å². The molecule has 0 saturated carbocycles. The van der Waals surface area contributed by atoms with Gasteiger partial charge in [0, 0.05) is 37.8 Å². The molecule has 1 saturated heterocycles. The van der Waals surface area contributed by atoms with Crippen LogP contribution in [0, 0.1) is 13.8 Å². The molecule has 0 amide bonds. The maximum Gasteiger partial charge on any atom is 0.326 e. The number of nitrogens with zero attached hydrogens (tertiary/aromatic N) is 1. The molecular formula is C34H43ClN2O7. The van der Waals surface area contributed by atoms with Crippen LogP contribution < -0.4 is 19.5 Å². The highest BCUT2D eigenvalue weighted by Crippen LogP contribution is 2.36. The third-order valence-electron chi connectivity index (χ3n) is 8.32. The molecule has 9 nitrogen and oxygen atoms in total. The summed E-state index contributed by atoms with van der Waals surface area (Å²) in [6.45, 7) is 8.61. The van der Waals surface area contributed by atoms with Crippen molar-refractivity contribution in [2.24, 2.45) is 0 Å². The Balaban J connectivity index is 1.43. The number of aliphatic carboxylic acids is 1. The first-order valence-corrected chi connectivity index (χ1v) is 15.2. The number of benzene rings is 3. The van der Waals surface area contributed by atoms with Gasteiger partial charge >= 0.3 is 5.97 Å². The summed E-state index contributed by atoms with van der Waals surface area (Å²) in [7, 11) is 1.52. The second kappa shape index (κ2) is 15.1. The van der Waals surface area contributed by atoms with Crippen molar-refractivity contribution in [3.8, 4) is 28.4 Å². The average Bonchev–Trinajstić information content (AvgIpc) is 3.43. The molecular weight excluding hydrogens is 584 g/mol. The Morgan fingerprint density at radius 2 is 1.77 bits per heavy atom. The smallest absolute Gasteiger partial charge is 0.326 e. The van der Waals surface area contributed by atoms with Crippen LogP contribution in [0.5, 0.6) is 17.2 Å². The van der Waals surface area contributed by atoms with Crippen molar-refractivity contribution < 1.29 is 34.3 Å². The predicted molar refractivity (Wildman–Crippen MR) is 171 cm³/mol. The third kappa shape index (κ3) is 8.02. The summed E-state index contributed by atoms with van der Waals surface area (Å²) in [6.07, 6.45) is 1.54. The topological polar surface area (TPSA) is 121 Å². The number of rotatable bonds is 15. The van der Waals surface area contributed by atoms with E-state index in [0.717, 1.165) is 66.0 Å². The van der Waals surface area contributed by atoms with Crippen LogP contribution in [-0.4, -0.2) is 77.8 Å². The molecule has 1 aliphatic rings. The van der Waals surface area contributed by atoms with Gasteiger partial charge in [0.05, 0.1) is 31.5 Å². The lowest BCUT2D eigenvalue weighted by atomic mass is 9.93.